The highest BCUT2D eigenvalue weighted by molar-refractivity contribution is 7.98. The molecule has 0 aromatic carbocycles. The summed E-state index contributed by atoms with van der Waals surface area (Å²) in [6.07, 6.45) is 6.32. The lowest BCUT2D eigenvalue weighted by Gasteiger charge is -2.29. The molecule has 0 spiro atoms. The lowest BCUT2D eigenvalue weighted by molar-refractivity contribution is -0.142. The third-order valence-corrected chi connectivity index (χ3v) is 12.4. The zero-order valence-electron chi connectivity index (χ0n) is 46.3. The van der Waals surface area contributed by atoms with Crippen molar-refractivity contribution in [2.75, 3.05) is 38.2 Å². The van der Waals surface area contributed by atoms with Crippen LogP contribution in [0.15, 0.2) is 27.5 Å². The first-order valence-corrected chi connectivity index (χ1v) is 27.6. The monoisotopic (exact) mass is 1140 g/mol. The van der Waals surface area contributed by atoms with Gasteiger partial charge in [-0.2, -0.15) is 11.8 Å². The quantitative estimate of drug-likeness (QED) is 0.0168. The molecular weight excluding hydrogens is 1050 g/mol. The van der Waals surface area contributed by atoms with Gasteiger partial charge in [-0.15, -0.1) is 0 Å². The van der Waals surface area contributed by atoms with Gasteiger partial charge in [0.1, 0.15) is 48.3 Å². The minimum Gasteiger partial charge on any atom is -0.480 e. The van der Waals surface area contributed by atoms with E-state index < -0.39 is 107 Å². The third-order valence-electron chi connectivity index (χ3n) is 11.8. The maximum Gasteiger partial charge on any atom is 0.326 e. The summed E-state index contributed by atoms with van der Waals surface area (Å²) in [5, 5.41) is 31.2. The van der Waals surface area contributed by atoms with Crippen LogP contribution in [0.25, 0.3) is 0 Å². The number of nitrogens with two attached hydrogens (primary N) is 7. The summed E-state index contributed by atoms with van der Waals surface area (Å²) in [4.78, 5) is 142. The molecule has 0 fully saturated rings. The number of aromatic amines is 1. The van der Waals surface area contributed by atoms with Crippen molar-refractivity contribution < 1.29 is 48.3 Å². The summed E-state index contributed by atoms with van der Waals surface area (Å²) in [5.74, 6) is -8.15. The van der Waals surface area contributed by atoms with Crippen molar-refractivity contribution in [1.29, 1.82) is 0 Å². The molecule has 0 radical (unpaired) electrons. The number of carboxylic acid groups (broad SMARTS) is 1. The molecule has 1 rings (SSSR count). The number of imidazole rings is 1. The first-order chi connectivity index (χ1) is 37.3. The normalized spacial score (nSPS) is 14.0. The van der Waals surface area contributed by atoms with E-state index in [-0.39, 0.29) is 108 Å². The third kappa shape index (κ3) is 29.8. The fourth-order valence-electron chi connectivity index (χ4n) is 7.76. The van der Waals surface area contributed by atoms with Crippen LogP contribution in [0.4, 0.5) is 0 Å². The van der Waals surface area contributed by atoms with E-state index >= 15 is 0 Å². The number of aliphatic carboxylic acids is 1. The lowest BCUT2D eigenvalue weighted by Crippen LogP contribution is -2.61. The molecule has 1 aromatic rings. The fourth-order valence-corrected chi connectivity index (χ4v) is 8.23. The maximum absolute atomic E-state index is 14.5. The number of thioether (sulfide) groups is 1. The van der Waals surface area contributed by atoms with Gasteiger partial charge in [-0.25, -0.2) is 9.78 Å². The molecule has 0 saturated carbocycles. The molecule has 0 aliphatic rings. The number of rotatable bonds is 40. The highest BCUT2D eigenvalue weighted by Gasteiger charge is 2.36. The molecule has 1 aromatic heterocycles. The van der Waals surface area contributed by atoms with Crippen LogP contribution < -0.4 is 82.7 Å². The van der Waals surface area contributed by atoms with Crippen molar-refractivity contribution >= 4 is 82.9 Å². The van der Waals surface area contributed by atoms with Crippen molar-refractivity contribution in [3.63, 3.8) is 0 Å². The second kappa shape index (κ2) is 38.2. The van der Waals surface area contributed by atoms with Crippen LogP contribution in [-0.4, -0.2) is 173 Å². The van der Waals surface area contributed by atoms with Crippen LogP contribution >= 0.6 is 11.8 Å². The number of guanidine groups is 3. The van der Waals surface area contributed by atoms with Crippen LogP contribution in [0.5, 0.6) is 0 Å². The van der Waals surface area contributed by atoms with E-state index in [9.17, 15) is 48.3 Å². The number of aliphatic imine (C=N–C) groups is 3. The number of hydrogen-bond donors (Lipinski definition) is 17. The van der Waals surface area contributed by atoms with E-state index in [0.717, 1.165) is 0 Å². The highest BCUT2D eigenvalue weighted by atomic mass is 32.2. The van der Waals surface area contributed by atoms with Gasteiger partial charge >= 0.3 is 5.97 Å². The molecule has 30 nitrogen and oxygen atoms in total. The first-order valence-electron chi connectivity index (χ1n) is 26.2. The van der Waals surface area contributed by atoms with Crippen LogP contribution in [0.3, 0.4) is 0 Å². The smallest absolute Gasteiger partial charge is 0.326 e. The minimum atomic E-state index is -1.41. The average Bonchev–Trinajstić information content (AvgIpc) is 3.88. The number of unbranched alkanes of at least 4 members (excludes halogenated alkanes) is 1. The summed E-state index contributed by atoms with van der Waals surface area (Å²) in [5.41, 5.74) is 38.9. The summed E-state index contributed by atoms with van der Waals surface area (Å²) in [6, 6.07) is -10.2. The second-order valence-corrected chi connectivity index (χ2v) is 20.5. The fraction of sp³-hybridized carbons (Fsp3) is 0.688. The predicted molar refractivity (Wildman–Crippen MR) is 301 cm³/mol. The van der Waals surface area contributed by atoms with Gasteiger partial charge in [-0.1, -0.05) is 27.7 Å². The lowest BCUT2D eigenvalue weighted by atomic mass is 9.99. The zero-order valence-corrected chi connectivity index (χ0v) is 47.1. The summed E-state index contributed by atoms with van der Waals surface area (Å²) >= 11 is 1.37. The molecule has 0 aliphatic heterocycles. The van der Waals surface area contributed by atoms with E-state index in [0.29, 0.717) is 30.8 Å². The van der Waals surface area contributed by atoms with Crippen molar-refractivity contribution in [2.45, 2.75) is 160 Å². The number of carboxylic acids is 1. The number of nitrogens with zero attached hydrogens (tertiary/aromatic N) is 4. The summed E-state index contributed by atoms with van der Waals surface area (Å²) < 4.78 is 0. The molecular formula is C48H88N20O10S. The molecule has 0 bridgehead atoms. The topological polar surface area (TPSA) is 518 Å². The van der Waals surface area contributed by atoms with E-state index in [2.05, 4.69) is 67.5 Å². The Morgan fingerprint density at radius 3 is 1.38 bits per heavy atom. The van der Waals surface area contributed by atoms with Crippen molar-refractivity contribution in [2.24, 2.45) is 66.9 Å². The van der Waals surface area contributed by atoms with Gasteiger partial charge in [-0.3, -0.25) is 53.3 Å². The van der Waals surface area contributed by atoms with Crippen molar-refractivity contribution in [1.82, 2.24) is 52.5 Å². The largest absolute Gasteiger partial charge is 0.480 e. The van der Waals surface area contributed by atoms with Gasteiger partial charge in [0.05, 0.1) is 6.33 Å². The number of hydrogen-bond acceptors (Lipinski definition) is 15. The van der Waals surface area contributed by atoms with Crippen LogP contribution in [-0.2, 0) is 49.6 Å². The zero-order chi connectivity index (χ0) is 59.6. The molecule has 0 aliphatic carbocycles. The van der Waals surface area contributed by atoms with Gasteiger partial charge in [0.15, 0.2) is 17.9 Å². The Morgan fingerprint density at radius 2 is 0.962 bits per heavy atom. The van der Waals surface area contributed by atoms with Gasteiger partial charge in [0.2, 0.25) is 47.3 Å². The minimum absolute atomic E-state index is 0.0116. The van der Waals surface area contributed by atoms with Gasteiger partial charge in [-0.05, 0) is 101 Å². The maximum atomic E-state index is 14.5. The van der Waals surface area contributed by atoms with E-state index in [4.69, 9.17) is 40.1 Å². The second-order valence-electron chi connectivity index (χ2n) is 19.5. The summed E-state index contributed by atoms with van der Waals surface area (Å²) in [6.45, 7) is 8.78. The van der Waals surface area contributed by atoms with E-state index in [1.54, 1.807) is 34.0 Å². The number of carbonyl (C=O) groups is 9. The average molecular weight is 1140 g/mol. The molecule has 8 amide bonds. The number of nitrogens with one attached hydrogen (secondary N) is 9. The Balaban J connectivity index is 3.60. The Morgan fingerprint density at radius 1 is 0.557 bits per heavy atom. The van der Waals surface area contributed by atoms with Gasteiger partial charge < -0.3 is 92.8 Å². The molecule has 446 valence electrons. The van der Waals surface area contributed by atoms with Crippen LogP contribution in [0.1, 0.15) is 111 Å². The SMILES string of the molecule is CSCCC(NC(=O)[C@H](CCCN=C(N)N)NC(=O)[C@H](Cc1cnc[nH]1)NC(=O)[C@H](CCCN=C(N)N)NC(=O)[C@H](CCCCN)NC(C)=O)C(=O)N[C@H](C(=O)N[C@@H](CC(C)C)C(=O)N[C@@H](CCCN=C(N)N)C(=O)O)C(C)C. The summed E-state index contributed by atoms with van der Waals surface area (Å²) in [7, 11) is 0. The Hall–Kier alpha value is -7.44. The number of H-pyrrole nitrogens is 1. The Bertz CT molecular complexity index is 2190. The van der Waals surface area contributed by atoms with Crippen molar-refractivity contribution in [3.8, 4) is 0 Å². The molecule has 79 heavy (non-hydrogen) atoms. The van der Waals surface area contributed by atoms with Gasteiger partial charge in [0.25, 0.3) is 0 Å². The number of amides is 8. The molecule has 1 unspecified atom stereocenters. The molecule has 0 saturated heterocycles. The first kappa shape index (κ1) is 69.6. The predicted octanol–water partition coefficient (Wildman–Crippen LogP) is -4.32. The molecule has 24 N–H and O–H groups in total. The van der Waals surface area contributed by atoms with E-state index in [1.165, 1.54) is 31.2 Å². The van der Waals surface area contributed by atoms with Crippen LogP contribution in [0, 0.1) is 11.8 Å². The van der Waals surface area contributed by atoms with Gasteiger partial charge in [0, 0.05) is 44.9 Å². The Labute approximate surface area is 465 Å². The number of carbonyl (C=O) groups excluding carboxylic acids is 8. The standard InChI is InChI=1S/C48H88N20O10S/c1-26(2)22-35(42(74)65-34(45(77)78)15-11-20-59-48(54)55)67-44(76)37(27(3)4)68-41(73)33(16-21-79-6)64-39(71)31(13-9-18-57-46(50)51)63-43(75)36(23-29-24-56-25-60-29)66-40(72)32(14-10-19-58-47(52)53)62-38(70)30(61-28(5)69)12-7-8-17-49/h24-27,30-37H,7-23,49H2,1-6H3,(H,56,60)(H,61,69)(H,62,70)(H,63,75)(H,64,71)(H,65,74)(H,66,72)(H,67,76)(H,68,73)(H,77,78)(H4,50,51,57)(H4,52,53,58)(H4,54,55,59)/t30-,31-,32-,33?,34-,35-,36-,37-/m0/s1. The molecule has 8 atom stereocenters. The molecule has 31 heteroatoms. The highest BCUT2D eigenvalue weighted by Crippen LogP contribution is 2.13. The van der Waals surface area contributed by atoms with Crippen LogP contribution in [0.2, 0.25) is 0 Å². The Kier molecular flexibility index (Phi) is 33.6. The van der Waals surface area contributed by atoms with Crippen molar-refractivity contribution in [3.05, 3.63) is 18.2 Å². The van der Waals surface area contributed by atoms with E-state index in [1.807, 2.05) is 0 Å². The number of aromatic nitrogens is 2. The molecule has 1 heterocycles.